The van der Waals surface area contributed by atoms with Gasteiger partial charge in [0.05, 0.1) is 67.2 Å². The zero-order chi connectivity index (χ0) is 102. The largest absolute Gasteiger partial charge is 0.397 e. The number of aromatic nitrogens is 8. The summed E-state index contributed by atoms with van der Waals surface area (Å²) >= 11 is 9.81. The number of hydrogen-bond donors (Lipinski definition) is 15. The molecule has 8 amide bonds. The molecule has 16 aromatic heterocycles. The highest BCUT2D eigenvalue weighted by molar-refractivity contribution is 7.24. The number of benzene rings is 4. The minimum absolute atomic E-state index is 0.0736. The highest BCUT2D eigenvalue weighted by atomic mass is 32.1. The van der Waals surface area contributed by atoms with Gasteiger partial charge in [-0.25, -0.2) is 48.7 Å². The monoisotopic (exact) mass is 2060 g/mol. The molecule has 142 heavy (non-hydrogen) atoms. The number of fused-ring (bicyclic) bond motifs is 8. The number of amides is 8. The number of carbonyl (C=O) groups is 8. The van der Waals surface area contributed by atoms with Gasteiger partial charge in [0.25, 0.3) is 52.9 Å². The Bertz CT molecular complexity index is 8230. The molecule has 4 aromatic carbocycles. The van der Waals surface area contributed by atoms with Crippen LogP contribution < -0.4 is 89.7 Å². The van der Waals surface area contributed by atoms with Crippen molar-refractivity contribution in [2.75, 3.05) is 89.6 Å². The molecule has 46 heteroatoms. The number of aryl methyl sites for hydroxylation is 3. The lowest BCUT2D eigenvalue weighted by Gasteiger charge is -2.13. The maximum atomic E-state index is 13.8. The molecule has 0 aliphatic heterocycles. The van der Waals surface area contributed by atoms with Gasteiger partial charge in [-0.15, -0.1) is 90.7 Å². The number of pyridine rings is 8. The van der Waals surface area contributed by atoms with Gasteiger partial charge in [-0.2, -0.15) is 0 Å². The van der Waals surface area contributed by atoms with E-state index in [4.69, 9.17) is 68.8 Å². The van der Waals surface area contributed by atoms with E-state index in [0.29, 0.717) is 96.1 Å². The van der Waals surface area contributed by atoms with Gasteiger partial charge in [0.15, 0.2) is 0 Å². The molecule has 0 aliphatic carbocycles. The Morgan fingerprint density at radius 2 is 0.768 bits per heavy atom. The normalized spacial score (nSPS) is 10.7. The molecular weight excluding hydrogens is 1970 g/mol. The molecule has 0 saturated carbocycles. The second-order valence-corrected chi connectivity index (χ2v) is 38.7. The molecule has 0 aliphatic rings. The van der Waals surface area contributed by atoms with Crippen molar-refractivity contribution in [3.05, 3.63) is 302 Å². The van der Waals surface area contributed by atoms with E-state index < -0.39 is 40.2 Å². The quantitative estimate of drug-likeness (QED) is 0.0335. The van der Waals surface area contributed by atoms with Gasteiger partial charge in [-0.1, -0.05) is 66.7 Å². The number of nitro groups is 1. The van der Waals surface area contributed by atoms with E-state index in [1.807, 2.05) is 191 Å². The smallest absolute Gasteiger partial charge is 0.288 e. The molecule has 27 N–H and O–H groups in total. The number of carbonyl (C=O) groups excluding carboxylic acids is 8. The molecule has 36 nitrogen and oxygen atoms in total. The third kappa shape index (κ3) is 23.5. The Labute approximate surface area is 837 Å². The topological polar surface area (TPSA) is 638 Å². The number of para-hydroxylation sites is 2. The van der Waals surface area contributed by atoms with Gasteiger partial charge < -0.3 is 94.6 Å². The standard InChI is InChI=1S/C16H16N4OS.2C15H13N3OS.C14H9F2N3OS.C10H11N3OS.2C9H9N3OS.C8H6N4O3S/c1-20(2)11-8-9-18-16-12(11)13(17)14(22-16)15(21)19-10-6-4-3-5-7-10;1-9-7-8-11-12(16)13(20-15(11)17-9)14(19)18-10-5-3-2-4-6-10;16-12-11-7-4-8-17-15(11)20-13(12)14(19)18-9-10-5-2-1-3-6-10;15-6-1-2-7(9(16)5-6)10-4-3-8-11(17)12(13(18)20)21-14(8)19-10;1-13(2)10(14)8-7(11)6-4-3-5-12-9(6)15-8;1-4-2-3-12-9-5(4)6(10)7(14-9)8(11)13;1-4-2-3-5-6(10)7(8(11)13)14-9(5)12-4;9-5-4-1-3(12(14)15)2-11-8(4)16-6(5)7(10)13/h3-9H,17H2,1-2H3,(H,19,21);2-8H,16H2,1H3,(H,18,19);1-8H,9,16H2,(H,18,19);1-5H,17H2,(H2,18,20);3-5H,11H2,1-2H3;2*2-3H,10H2,1H3,(H2,11,13);1-2H,9H2,(H2,10,13). The first-order valence-corrected chi connectivity index (χ1v) is 48.3. The fraction of sp³-hybridized carbons (Fsp3) is 0.0833. The maximum absolute atomic E-state index is 13.8. The predicted octanol–water partition coefficient (Wildman–Crippen LogP) is 17.4. The fourth-order valence-corrected chi connectivity index (χ4v) is 21.4. The summed E-state index contributed by atoms with van der Waals surface area (Å²) in [6, 6.07) is 54.8. The van der Waals surface area contributed by atoms with Crippen molar-refractivity contribution in [1.82, 2.24) is 50.1 Å². The van der Waals surface area contributed by atoms with E-state index in [9.17, 15) is 57.3 Å². The van der Waals surface area contributed by atoms with E-state index in [1.165, 1.54) is 85.1 Å². The van der Waals surface area contributed by atoms with Crippen LogP contribution in [-0.4, -0.2) is 125 Å². The van der Waals surface area contributed by atoms with E-state index >= 15 is 0 Å². The number of thiophene rings is 8. The van der Waals surface area contributed by atoms with Crippen LogP contribution in [0.25, 0.3) is 93.0 Å². The maximum Gasteiger partial charge on any atom is 0.288 e. The summed E-state index contributed by atoms with van der Waals surface area (Å²) < 4.78 is 26.7. The minimum atomic E-state index is -0.707. The average Bonchev–Trinajstić information content (AvgIpc) is 1.65. The van der Waals surface area contributed by atoms with Gasteiger partial charge in [0.1, 0.15) is 95.5 Å². The zero-order valence-corrected chi connectivity index (χ0v) is 82.5. The first-order valence-electron chi connectivity index (χ1n) is 41.7. The number of halogens is 2. The van der Waals surface area contributed by atoms with Crippen molar-refractivity contribution in [3.63, 3.8) is 0 Å². The second-order valence-electron chi connectivity index (χ2n) is 30.7. The van der Waals surface area contributed by atoms with Crippen molar-refractivity contribution < 1.29 is 52.1 Å². The Hall–Kier alpha value is -17.0. The molecule has 20 aromatic rings. The molecule has 0 atom stereocenters. The summed E-state index contributed by atoms with van der Waals surface area (Å²) in [5.74, 6) is -4.30. The Morgan fingerprint density at radius 1 is 0.380 bits per heavy atom. The SMILES string of the molecule is CN(C)C(=O)c1sc2ncccc2c1N.CN(C)c1ccnc2sc(C(=O)Nc3ccccc3)c(N)c12.Cc1ccc2c(N)c(C(=O)Nc3ccccc3)sc2n1.Cc1ccc2c(N)c(C(N)=O)sc2n1.Cc1ccnc2sc(C(N)=O)c(N)c12.NC(=O)c1sc2nc(-c3ccc(F)cc3F)ccc2c1N.NC(=O)c1sc2ncc([N+](=O)[O-])cc2c1N.Nc1c(C(=O)NCc2ccccc2)sc2ncccc12. The molecule has 0 radical (unpaired) electrons. The summed E-state index contributed by atoms with van der Waals surface area (Å²) in [7, 11) is 7.30. The Kier molecular flexibility index (Phi) is 32.5. The van der Waals surface area contributed by atoms with Crippen LogP contribution >= 0.6 is 90.7 Å². The second kappa shape index (κ2) is 45.1. The number of anilines is 11. The lowest BCUT2D eigenvalue weighted by molar-refractivity contribution is -0.385. The number of rotatable bonds is 15. The van der Waals surface area contributed by atoms with Gasteiger partial charge in [-0.05, 0) is 141 Å². The minimum Gasteiger partial charge on any atom is -0.397 e. The number of nitrogen functional groups attached to an aromatic ring is 8. The average molecular weight is 2060 g/mol. The number of nitrogens with zero attached hydrogens (tertiary/aromatic N) is 11. The Balaban J connectivity index is 0.000000137. The number of nitrogens with one attached hydrogen (secondary N) is 3. The molecule has 0 bridgehead atoms. The van der Waals surface area contributed by atoms with Crippen LogP contribution in [0, 0.1) is 42.5 Å². The van der Waals surface area contributed by atoms with Crippen molar-refractivity contribution in [2.24, 2.45) is 22.9 Å². The van der Waals surface area contributed by atoms with Crippen molar-refractivity contribution in [2.45, 2.75) is 27.3 Å². The van der Waals surface area contributed by atoms with Gasteiger partial charge in [-0.3, -0.25) is 48.5 Å². The lowest BCUT2D eigenvalue weighted by atomic mass is 10.1. The third-order valence-electron chi connectivity index (χ3n) is 20.5. The molecular formula is C96H86F2N26O10S8. The lowest BCUT2D eigenvalue weighted by Crippen LogP contribution is -2.22. The molecule has 0 spiro atoms. The number of nitrogens with two attached hydrogens (primary N) is 12. The number of primary amides is 4. The van der Waals surface area contributed by atoms with Crippen molar-refractivity contribution >= 4 is 288 Å². The van der Waals surface area contributed by atoms with Crippen LogP contribution in [0.15, 0.2) is 219 Å². The summed E-state index contributed by atoms with van der Waals surface area (Å²) in [6.45, 7) is 6.22. The fourth-order valence-electron chi connectivity index (χ4n) is 13.5. The van der Waals surface area contributed by atoms with Gasteiger partial charge in [0, 0.05) is 138 Å². The molecule has 16 heterocycles. The van der Waals surface area contributed by atoms with E-state index in [1.54, 1.807) is 51.0 Å². The van der Waals surface area contributed by atoms with Crippen LogP contribution in [0.5, 0.6) is 0 Å². The summed E-state index contributed by atoms with van der Waals surface area (Å²) in [5, 5.41) is 25.1. The first kappa shape index (κ1) is 102. The van der Waals surface area contributed by atoms with Crippen LogP contribution in [0.4, 0.5) is 77.0 Å². The van der Waals surface area contributed by atoms with Gasteiger partial charge in [0.2, 0.25) is 0 Å². The number of hydrogen-bond acceptors (Lipinski definition) is 35. The zero-order valence-electron chi connectivity index (χ0n) is 75.9. The summed E-state index contributed by atoms with van der Waals surface area (Å²) in [4.78, 5) is 149. The van der Waals surface area contributed by atoms with E-state index in [-0.39, 0.29) is 56.0 Å². The van der Waals surface area contributed by atoms with Crippen LogP contribution in [0.1, 0.15) is 99.9 Å². The summed E-state index contributed by atoms with van der Waals surface area (Å²) in [6.07, 6.45) is 7.93. The van der Waals surface area contributed by atoms with Gasteiger partial charge >= 0.3 is 0 Å². The van der Waals surface area contributed by atoms with Crippen molar-refractivity contribution in [3.8, 4) is 11.3 Å². The highest BCUT2D eigenvalue weighted by Gasteiger charge is 2.26. The molecule has 0 fully saturated rings. The van der Waals surface area contributed by atoms with Crippen LogP contribution in [0.2, 0.25) is 0 Å². The van der Waals surface area contributed by atoms with E-state index in [0.717, 1.165) is 142 Å². The molecule has 20 rings (SSSR count). The van der Waals surface area contributed by atoms with Crippen LogP contribution in [0.3, 0.4) is 0 Å². The third-order valence-corrected chi connectivity index (χ3v) is 29.5. The van der Waals surface area contributed by atoms with Crippen molar-refractivity contribution in [1.29, 1.82) is 0 Å². The highest BCUT2D eigenvalue weighted by Crippen LogP contribution is 2.42. The Morgan fingerprint density at radius 3 is 1.25 bits per heavy atom. The molecule has 0 unspecified atom stereocenters. The summed E-state index contributed by atoms with van der Waals surface area (Å²) in [5.41, 5.74) is 77.9. The molecule has 722 valence electrons. The predicted molar refractivity (Wildman–Crippen MR) is 571 cm³/mol. The molecule has 0 saturated heterocycles. The first-order chi connectivity index (χ1) is 67.8. The van der Waals surface area contributed by atoms with E-state index in [2.05, 4.69) is 55.8 Å². The van der Waals surface area contributed by atoms with Crippen LogP contribution in [-0.2, 0) is 6.54 Å².